The Morgan fingerprint density at radius 2 is 2.05 bits per heavy atom. The highest BCUT2D eigenvalue weighted by atomic mass is 35.5. The van der Waals surface area contributed by atoms with Crippen LogP contribution in [0.5, 0.6) is 0 Å². The molecule has 1 aromatic carbocycles. The molecule has 1 N–H and O–H groups in total. The van der Waals surface area contributed by atoms with Gasteiger partial charge in [-0.3, -0.25) is 10.1 Å². The zero-order valence-electron chi connectivity index (χ0n) is 12.6. The van der Waals surface area contributed by atoms with Crippen molar-refractivity contribution < 1.29 is 0 Å². The number of fused-ring (bicyclic) bond motifs is 1. The molecule has 0 saturated heterocycles. The Morgan fingerprint density at radius 3 is 2.82 bits per heavy atom. The van der Waals surface area contributed by atoms with Gasteiger partial charge < -0.3 is 0 Å². The van der Waals surface area contributed by atoms with Crippen LogP contribution in [0.1, 0.15) is 16.8 Å². The predicted molar refractivity (Wildman–Crippen MR) is 90.7 cm³/mol. The molecule has 3 aromatic rings. The Kier molecular flexibility index (Phi) is 3.81. The smallest absolute Gasteiger partial charge is 0.160 e. The summed E-state index contributed by atoms with van der Waals surface area (Å²) in [7, 11) is 1.89. The summed E-state index contributed by atoms with van der Waals surface area (Å²) in [6.45, 7) is 4.03. The molecule has 0 saturated carbocycles. The lowest BCUT2D eigenvalue weighted by molar-refractivity contribution is 0.774. The molecule has 5 nitrogen and oxygen atoms in total. The van der Waals surface area contributed by atoms with Crippen LogP contribution in [0, 0.1) is 13.8 Å². The quantitative estimate of drug-likeness (QED) is 0.592. The number of pyridine rings is 1. The van der Waals surface area contributed by atoms with E-state index < -0.39 is 0 Å². The molecule has 0 aliphatic rings. The number of aromatic nitrogens is 3. The van der Waals surface area contributed by atoms with Crippen molar-refractivity contribution in [2.45, 2.75) is 13.8 Å². The van der Waals surface area contributed by atoms with Crippen molar-refractivity contribution in [3.05, 3.63) is 52.2 Å². The maximum Gasteiger partial charge on any atom is 0.160 e. The van der Waals surface area contributed by atoms with E-state index in [0.717, 1.165) is 27.9 Å². The fraction of sp³-hybridized carbons (Fsp3) is 0.188. The van der Waals surface area contributed by atoms with E-state index in [0.29, 0.717) is 10.8 Å². The van der Waals surface area contributed by atoms with Crippen LogP contribution in [0.4, 0.5) is 5.82 Å². The van der Waals surface area contributed by atoms with Crippen LogP contribution in [-0.2, 0) is 7.05 Å². The molecule has 0 amide bonds. The summed E-state index contributed by atoms with van der Waals surface area (Å²) < 4.78 is 1.78. The van der Waals surface area contributed by atoms with E-state index >= 15 is 0 Å². The van der Waals surface area contributed by atoms with Gasteiger partial charge in [0.25, 0.3) is 0 Å². The lowest BCUT2D eigenvalue weighted by Crippen LogP contribution is -1.98. The Balaban J connectivity index is 1.89. The molecule has 0 spiro atoms. The van der Waals surface area contributed by atoms with Crippen molar-refractivity contribution in [3.63, 3.8) is 0 Å². The van der Waals surface area contributed by atoms with Crippen molar-refractivity contribution in [2.24, 2.45) is 12.1 Å². The zero-order valence-corrected chi connectivity index (χ0v) is 13.4. The predicted octanol–water partition coefficient (Wildman–Crippen LogP) is 3.68. The molecule has 0 bridgehead atoms. The van der Waals surface area contributed by atoms with Crippen molar-refractivity contribution in [2.75, 3.05) is 5.43 Å². The van der Waals surface area contributed by atoms with Gasteiger partial charge in [0.05, 0.1) is 11.9 Å². The van der Waals surface area contributed by atoms with Gasteiger partial charge in [-0.2, -0.15) is 10.2 Å². The summed E-state index contributed by atoms with van der Waals surface area (Å²) in [6, 6.07) is 9.49. The molecule has 22 heavy (non-hydrogen) atoms. The van der Waals surface area contributed by atoms with E-state index in [9.17, 15) is 0 Å². The number of nitrogens with one attached hydrogen (secondary N) is 1. The van der Waals surface area contributed by atoms with Crippen LogP contribution >= 0.6 is 11.6 Å². The number of rotatable bonds is 3. The first-order chi connectivity index (χ1) is 10.6. The van der Waals surface area contributed by atoms with Gasteiger partial charge in [0.15, 0.2) is 5.65 Å². The molecule has 6 heteroatoms. The Bertz CT molecular complexity index is 866. The monoisotopic (exact) mass is 313 g/mol. The summed E-state index contributed by atoms with van der Waals surface area (Å²) in [5.74, 6) is 0.677. The van der Waals surface area contributed by atoms with Crippen LogP contribution in [-0.4, -0.2) is 21.0 Å². The third-order valence-corrected chi connectivity index (χ3v) is 3.80. The number of halogens is 1. The van der Waals surface area contributed by atoms with Gasteiger partial charge in [0.2, 0.25) is 0 Å². The van der Waals surface area contributed by atoms with Gasteiger partial charge in [0.1, 0.15) is 5.82 Å². The lowest BCUT2D eigenvalue weighted by atomic mass is 10.1. The van der Waals surface area contributed by atoms with E-state index in [1.807, 2.05) is 51.2 Å². The molecule has 2 aromatic heterocycles. The minimum Gasteiger partial charge on any atom is -0.261 e. The molecular weight excluding hydrogens is 298 g/mol. The number of hydrazone groups is 1. The third kappa shape index (κ3) is 2.67. The molecule has 0 fully saturated rings. The third-order valence-electron chi connectivity index (χ3n) is 3.45. The molecule has 112 valence electrons. The van der Waals surface area contributed by atoms with E-state index in [4.69, 9.17) is 11.6 Å². The standard InChI is InChI=1S/C16H16ClN5/c1-10-8-14(19-16-15(10)11(2)21-22(16)3)20-18-9-12-6-4-5-7-13(12)17/h4-9H,1-3H3,(H,19,20). The SMILES string of the molecule is Cc1cc(NN=Cc2ccccc2Cl)nc2c1c(C)nn2C. The van der Waals surface area contributed by atoms with E-state index in [1.54, 1.807) is 10.9 Å². The summed E-state index contributed by atoms with van der Waals surface area (Å²) in [5.41, 5.74) is 6.74. The second-order valence-corrected chi connectivity index (χ2v) is 5.53. The first-order valence-electron chi connectivity index (χ1n) is 6.91. The van der Waals surface area contributed by atoms with Crippen LogP contribution in [0.2, 0.25) is 5.02 Å². The summed E-state index contributed by atoms with van der Waals surface area (Å²) in [4.78, 5) is 4.55. The molecular formula is C16H16ClN5. The van der Waals surface area contributed by atoms with Gasteiger partial charge in [-0.1, -0.05) is 29.8 Å². The van der Waals surface area contributed by atoms with Crippen molar-refractivity contribution in [3.8, 4) is 0 Å². The van der Waals surface area contributed by atoms with Gasteiger partial charge in [-0.05, 0) is 31.5 Å². The van der Waals surface area contributed by atoms with Gasteiger partial charge in [-0.15, -0.1) is 0 Å². The van der Waals surface area contributed by atoms with Crippen LogP contribution < -0.4 is 5.43 Å². The average molecular weight is 314 g/mol. The average Bonchev–Trinajstić information content (AvgIpc) is 2.76. The van der Waals surface area contributed by atoms with Crippen molar-refractivity contribution in [1.29, 1.82) is 0 Å². The highest BCUT2D eigenvalue weighted by Crippen LogP contribution is 2.22. The second-order valence-electron chi connectivity index (χ2n) is 5.12. The molecule has 0 radical (unpaired) electrons. The zero-order chi connectivity index (χ0) is 15.7. The molecule has 0 unspecified atom stereocenters. The number of hydrogen-bond acceptors (Lipinski definition) is 4. The van der Waals surface area contributed by atoms with Crippen molar-refractivity contribution in [1.82, 2.24) is 14.8 Å². The van der Waals surface area contributed by atoms with Gasteiger partial charge in [0, 0.05) is 23.0 Å². The number of aryl methyl sites for hydroxylation is 3. The van der Waals surface area contributed by atoms with E-state index in [2.05, 4.69) is 20.6 Å². The highest BCUT2D eigenvalue weighted by molar-refractivity contribution is 6.33. The van der Waals surface area contributed by atoms with E-state index in [1.165, 1.54) is 0 Å². The Labute approximate surface area is 133 Å². The lowest BCUT2D eigenvalue weighted by Gasteiger charge is -2.04. The number of benzene rings is 1. The van der Waals surface area contributed by atoms with Crippen molar-refractivity contribution >= 4 is 34.7 Å². The minimum atomic E-state index is 0.662. The van der Waals surface area contributed by atoms with E-state index in [-0.39, 0.29) is 0 Å². The normalized spacial score (nSPS) is 11.5. The first-order valence-corrected chi connectivity index (χ1v) is 7.28. The maximum absolute atomic E-state index is 6.09. The maximum atomic E-state index is 6.09. The fourth-order valence-electron chi connectivity index (χ4n) is 2.46. The summed E-state index contributed by atoms with van der Waals surface area (Å²) >= 11 is 6.09. The molecule has 3 rings (SSSR count). The second kappa shape index (κ2) is 5.77. The van der Waals surface area contributed by atoms with Gasteiger partial charge >= 0.3 is 0 Å². The molecule has 0 aliphatic heterocycles. The number of nitrogens with zero attached hydrogens (tertiary/aromatic N) is 4. The van der Waals surface area contributed by atoms with Crippen LogP contribution in [0.25, 0.3) is 11.0 Å². The van der Waals surface area contributed by atoms with Crippen LogP contribution in [0.15, 0.2) is 35.4 Å². The molecule has 0 aliphatic carbocycles. The Morgan fingerprint density at radius 1 is 1.27 bits per heavy atom. The topological polar surface area (TPSA) is 55.1 Å². The molecule has 2 heterocycles. The van der Waals surface area contributed by atoms with Gasteiger partial charge in [-0.25, -0.2) is 4.98 Å². The summed E-state index contributed by atoms with van der Waals surface area (Å²) in [6.07, 6.45) is 1.68. The minimum absolute atomic E-state index is 0.662. The fourth-order valence-corrected chi connectivity index (χ4v) is 2.65. The first kappa shape index (κ1) is 14.5. The largest absolute Gasteiger partial charge is 0.261 e. The number of hydrogen-bond donors (Lipinski definition) is 1. The summed E-state index contributed by atoms with van der Waals surface area (Å²) in [5, 5.41) is 10.4. The highest BCUT2D eigenvalue weighted by Gasteiger charge is 2.10. The molecule has 0 atom stereocenters. The van der Waals surface area contributed by atoms with Crippen LogP contribution in [0.3, 0.4) is 0 Å². The number of anilines is 1. The Hall–Kier alpha value is -2.40.